The number of halogens is 1. The maximum absolute atomic E-state index is 12.3. The van der Waals surface area contributed by atoms with E-state index in [0.29, 0.717) is 0 Å². The number of carbonyl (C=O) groups is 1. The van der Waals surface area contributed by atoms with E-state index in [1.165, 1.54) is 11.8 Å². The van der Waals surface area contributed by atoms with Crippen LogP contribution < -0.4 is 5.32 Å². The second kappa shape index (κ2) is 8.71. The Morgan fingerprint density at radius 3 is 2.52 bits per heavy atom. The average molecular weight is 445 g/mol. The van der Waals surface area contributed by atoms with E-state index >= 15 is 0 Å². The monoisotopic (exact) mass is 444 g/mol. The van der Waals surface area contributed by atoms with Crippen LogP contribution >= 0.6 is 27.7 Å². The Morgan fingerprint density at radius 1 is 1.15 bits per heavy atom. The Balaban J connectivity index is 1.71. The number of aromatic nitrogens is 3. The number of anilines is 1. The first-order valence-corrected chi connectivity index (χ1v) is 10.4. The highest BCUT2D eigenvalue weighted by molar-refractivity contribution is 9.10. The van der Waals surface area contributed by atoms with Gasteiger partial charge in [-0.15, -0.1) is 10.2 Å². The zero-order valence-corrected chi connectivity index (χ0v) is 17.9. The van der Waals surface area contributed by atoms with Gasteiger partial charge >= 0.3 is 0 Å². The van der Waals surface area contributed by atoms with Crippen LogP contribution in [0.3, 0.4) is 0 Å². The minimum Gasteiger partial charge on any atom is -0.325 e. The van der Waals surface area contributed by atoms with Gasteiger partial charge < -0.3 is 9.88 Å². The standard InChI is InChI=1S/C20H21BrN4OS/c1-4-25-19(16-7-5-6-8-17(16)21)23-24-20(25)27-12-18(26)22-15-10-13(2)9-14(3)11-15/h5-11H,4,12H2,1-3H3,(H,22,26). The van der Waals surface area contributed by atoms with Gasteiger partial charge in [-0.2, -0.15) is 0 Å². The molecule has 140 valence electrons. The second-order valence-electron chi connectivity index (χ2n) is 6.24. The van der Waals surface area contributed by atoms with Gasteiger partial charge in [0.25, 0.3) is 0 Å². The summed E-state index contributed by atoms with van der Waals surface area (Å²) in [5, 5.41) is 12.3. The molecule has 1 aromatic heterocycles. The minimum atomic E-state index is -0.0573. The number of hydrogen-bond acceptors (Lipinski definition) is 4. The van der Waals surface area contributed by atoms with Crippen LogP contribution in [-0.2, 0) is 11.3 Å². The van der Waals surface area contributed by atoms with Crippen molar-refractivity contribution in [1.82, 2.24) is 14.8 Å². The predicted octanol–water partition coefficient (Wildman–Crippen LogP) is 5.08. The quantitative estimate of drug-likeness (QED) is 0.538. The Labute approximate surface area is 171 Å². The Morgan fingerprint density at radius 2 is 1.85 bits per heavy atom. The van der Waals surface area contributed by atoms with Crippen molar-refractivity contribution in [3.63, 3.8) is 0 Å². The van der Waals surface area contributed by atoms with Gasteiger partial charge in [0, 0.05) is 22.3 Å². The van der Waals surface area contributed by atoms with Crippen molar-refractivity contribution in [3.05, 3.63) is 58.1 Å². The molecule has 0 aliphatic rings. The van der Waals surface area contributed by atoms with Crippen molar-refractivity contribution in [3.8, 4) is 11.4 Å². The number of hydrogen-bond donors (Lipinski definition) is 1. The maximum Gasteiger partial charge on any atom is 0.234 e. The lowest BCUT2D eigenvalue weighted by atomic mass is 10.1. The molecule has 0 aliphatic carbocycles. The SMILES string of the molecule is CCn1c(SCC(=O)Nc2cc(C)cc(C)c2)nnc1-c1ccccc1Br. The van der Waals surface area contributed by atoms with Crippen molar-refractivity contribution in [2.75, 3.05) is 11.1 Å². The first-order valence-electron chi connectivity index (χ1n) is 8.67. The van der Waals surface area contributed by atoms with E-state index in [-0.39, 0.29) is 11.7 Å². The number of aryl methyl sites for hydroxylation is 2. The highest BCUT2D eigenvalue weighted by Crippen LogP contribution is 2.29. The fourth-order valence-electron chi connectivity index (χ4n) is 2.90. The van der Waals surface area contributed by atoms with Crippen LogP contribution in [0, 0.1) is 13.8 Å². The van der Waals surface area contributed by atoms with Crippen LogP contribution in [0.25, 0.3) is 11.4 Å². The number of rotatable bonds is 6. The van der Waals surface area contributed by atoms with E-state index in [2.05, 4.69) is 37.5 Å². The zero-order chi connectivity index (χ0) is 19.4. The molecule has 0 fully saturated rings. The van der Waals surface area contributed by atoms with Gasteiger partial charge in [-0.05, 0) is 50.1 Å². The lowest BCUT2D eigenvalue weighted by molar-refractivity contribution is -0.113. The van der Waals surface area contributed by atoms with Crippen molar-refractivity contribution >= 4 is 39.3 Å². The molecule has 5 nitrogen and oxygen atoms in total. The molecule has 0 unspecified atom stereocenters. The molecule has 1 heterocycles. The summed E-state index contributed by atoms with van der Waals surface area (Å²) in [7, 11) is 0. The minimum absolute atomic E-state index is 0.0573. The Kier molecular flexibility index (Phi) is 6.34. The summed E-state index contributed by atoms with van der Waals surface area (Å²) in [5.74, 6) is 1.02. The molecule has 0 saturated carbocycles. The van der Waals surface area contributed by atoms with Crippen molar-refractivity contribution in [2.24, 2.45) is 0 Å². The number of thioether (sulfide) groups is 1. The van der Waals surface area contributed by atoms with Gasteiger partial charge in [0.2, 0.25) is 5.91 Å². The van der Waals surface area contributed by atoms with Crippen LogP contribution in [-0.4, -0.2) is 26.4 Å². The molecule has 7 heteroatoms. The summed E-state index contributed by atoms with van der Waals surface area (Å²) in [4.78, 5) is 12.3. The van der Waals surface area contributed by atoms with Crippen LogP contribution in [0.5, 0.6) is 0 Å². The molecule has 3 rings (SSSR count). The van der Waals surface area contributed by atoms with Gasteiger partial charge in [0.05, 0.1) is 5.75 Å². The molecule has 2 aromatic carbocycles. The van der Waals surface area contributed by atoms with Gasteiger partial charge in [-0.25, -0.2) is 0 Å². The van der Waals surface area contributed by atoms with Crippen LogP contribution in [0.15, 0.2) is 52.1 Å². The average Bonchev–Trinajstić information content (AvgIpc) is 3.02. The summed E-state index contributed by atoms with van der Waals surface area (Å²) < 4.78 is 2.99. The molecular formula is C20H21BrN4OS. The van der Waals surface area contributed by atoms with E-state index in [1.807, 2.05) is 61.7 Å². The molecule has 1 amide bonds. The summed E-state index contributed by atoms with van der Waals surface area (Å²) >= 11 is 4.96. The third-order valence-corrected chi connectivity index (χ3v) is 5.64. The number of carbonyl (C=O) groups excluding carboxylic acids is 1. The Hall–Kier alpha value is -2.12. The highest BCUT2D eigenvalue weighted by atomic mass is 79.9. The fraction of sp³-hybridized carbons (Fsp3) is 0.250. The van der Waals surface area contributed by atoms with E-state index in [4.69, 9.17) is 0 Å². The molecule has 0 saturated heterocycles. The van der Waals surface area contributed by atoms with Crippen LogP contribution in [0.2, 0.25) is 0 Å². The molecule has 0 radical (unpaired) electrons. The van der Waals surface area contributed by atoms with Crippen molar-refractivity contribution in [1.29, 1.82) is 0 Å². The third-order valence-electron chi connectivity index (χ3n) is 3.99. The molecule has 0 aliphatic heterocycles. The highest BCUT2D eigenvalue weighted by Gasteiger charge is 2.16. The van der Waals surface area contributed by atoms with Gasteiger partial charge in [-0.3, -0.25) is 4.79 Å². The summed E-state index contributed by atoms with van der Waals surface area (Å²) in [5.41, 5.74) is 4.06. The molecule has 1 N–H and O–H groups in total. The summed E-state index contributed by atoms with van der Waals surface area (Å²) in [6.45, 7) is 6.81. The van der Waals surface area contributed by atoms with Crippen LogP contribution in [0.1, 0.15) is 18.1 Å². The van der Waals surface area contributed by atoms with Crippen LogP contribution in [0.4, 0.5) is 5.69 Å². The maximum atomic E-state index is 12.3. The predicted molar refractivity (Wildman–Crippen MR) is 114 cm³/mol. The molecule has 0 atom stereocenters. The molecular weight excluding hydrogens is 424 g/mol. The molecule has 0 spiro atoms. The topological polar surface area (TPSA) is 59.8 Å². The molecule has 3 aromatic rings. The number of amides is 1. The van der Waals surface area contributed by atoms with E-state index in [0.717, 1.165) is 44.4 Å². The number of nitrogens with one attached hydrogen (secondary N) is 1. The number of nitrogens with zero attached hydrogens (tertiary/aromatic N) is 3. The summed E-state index contributed by atoms with van der Waals surface area (Å²) in [6, 6.07) is 13.9. The van der Waals surface area contributed by atoms with E-state index in [1.54, 1.807) is 0 Å². The van der Waals surface area contributed by atoms with Crippen molar-refractivity contribution < 1.29 is 4.79 Å². The lowest BCUT2D eigenvalue weighted by Crippen LogP contribution is -2.15. The largest absolute Gasteiger partial charge is 0.325 e. The van der Waals surface area contributed by atoms with E-state index in [9.17, 15) is 4.79 Å². The van der Waals surface area contributed by atoms with E-state index < -0.39 is 0 Å². The van der Waals surface area contributed by atoms with Gasteiger partial charge in [-0.1, -0.05) is 52.0 Å². The first kappa shape index (κ1) is 19.6. The third kappa shape index (κ3) is 4.78. The van der Waals surface area contributed by atoms with Crippen molar-refractivity contribution in [2.45, 2.75) is 32.5 Å². The first-order chi connectivity index (χ1) is 13.0. The second-order valence-corrected chi connectivity index (χ2v) is 8.04. The lowest BCUT2D eigenvalue weighted by Gasteiger charge is -2.09. The number of benzene rings is 2. The van der Waals surface area contributed by atoms with Gasteiger partial charge in [0.15, 0.2) is 11.0 Å². The molecule has 27 heavy (non-hydrogen) atoms. The fourth-order valence-corrected chi connectivity index (χ4v) is 4.16. The normalized spacial score (nSPS) is 10.8. The smallest absolute Gasteiger partial charge is 0.234 e. The summed E-state index contributed by atoms with van der Waals surface area (Å²) in [6.07, 6.45) is 0. The Bertz CT molecular complexity index is 950. The zero-order valence-electron chi connectivity index (χ0n) is 15.5. The van der Waals surface area contributed by atoms with Gasteiger partial charge in [0.1, 0.15) is 0 Å². The molecule has 0 bridgehead atoms.